The Hall–Kier alpha value is -10.4. The molecule has 5 heterocycles. The van der Waals surface area contributed by atoms with Gasteiger partial charge in [0, 0.05) is 71.5 Å². The van der Waals surface area contributed by atoms with E-state index < -0.39 is 0 Å². The maximum Gasteiger partial charge on any atom is 0.238 e. The van der Waals surface area contributed by atoms with Crippen molar-refractivity contribution in [3.05, 3.63) is 249 Å². The van der Waals surface area contributed by atoms with Gasteiger partial charge in [0.1, 0.15) is 0 Å². The smallest absolute Gasteiger partial charge is 0.238 e. The summed E-state index contributed by atoms with van der Waals surface area (Å²) >= 11 is 0. The third-order valence-corrected chi connectivity index (χ3v) is 14.3. The Kier molecular flexibility index (Phi) is 9.67. The van der Waals surface area contributed by atoms with Gasteiger partial charge in [-0.15, -0.1) is 0 Å². The fourth-order valence-electron chi connectivity index (χ4n) is 11.1. The molecule has 0 radical (unpaired) electrons. The number of hydrogen-bond donors (Lipinski definition) is 0. The van der Waals surface area contributed by atoms with E-state index in [1.54, 1.807) is 0 Å². The van der Waals surface area contributed by atoms with Crippen LogP contribution in [0.25, 0.3) is 140 Å². The molecule has 0 aliphatic carbocycles. The minimum absolute atomic E-state index is 0.528. The molecule has 75 heavy (non-hydrogen) atoms. The standard InChI is InChI=1S/C66H41N9/c1-5-21-42(22-6-1)61-67-64(70-65(69-61)53-34-20-38-57-58(53)52-33-15-18-37-56(52)73(57)46-28-11-4-12-29-46)45-27-19-30-47(41-45)74-54-35-16-13-31-48(54)50-39-40-51-49-32-14-17-36-55(49)75(60(51)59(50)74)66-71-62(43-23-7-2-8-24-43)68-63(72-66)44-25-9-3-10-26-44/h1-41H. The summed E-state index contributed by atoms with van der Waals surface area (Å²) in [6, 6.07) is 86.2. The number of benzene rings is 10. The van der Waals surface area contributed by atoms with E-state index >= 15 is 0 Å². The average molecular weight is 960 g/mol. The van der Waals surface area contributed by atoms with Crippen LogP contribution in [-0.2, 0) is 0 Å². The summed E-state index contributed by atoms with van der Waals surface area (Å²) in [7, 11) is 0. The fourth-order valence-corrected chi connectivity index (χ4v) is 11.1. The molecule has 9 nitrogen and oxygen atoms in total. The Labute approximate surface area is 430 Å². The maximum absolute atomic E-state index is 5.42. The van der Waals surface area contributed by atoms with Crippen molar-refractivity contribution in [2.45, 2.75) is 0 Å². The van der Waals surface area contributed by atoms with Crippen LogP contribution in [0.4, 0.5) is 0 Å². The van der Waals surface area contributed by atoms with Gasteiger partial charge in [-0.25, -0.2) is 19.9 Å². The number of fused-ring (bicyclic) bond motifs is 10. The van der Waals surface area contributed by atoms with E-state index in [0.29, 0.717) is 35.1 Å². The summed E-state index contributed by atoms with van der Waals surface area (Å²) in [4.78, 5) is 31.7. The molecule has 0 unspecified atom stereocenters. The molecule has 15 rings (SSSR count). The lowest BCUT2D eigenvalue weighted by molar-refractivity contribution is 0.953. The molecule has 0 bridgehead atoms. The normalized spacial score (nSPS) is 11.7. The van der Waals surface area contributed by atoms with E-state index in [9.17, 15) is 0 Å². The van der Waals surface area contributed by atoms with E-state index in [1.165, 1.54) is 0 Å². The van der Waals surface area contributed by atoms with E-state index in [-0.39, 0.29) is 0 Å². The molecule has 0 saturated carbocycles. The molecular weight excluding hydrogens is 919 g/mol. The second-order valence-electron chi connectivity index (χ2n) is 18.7. The van der Waals surface area contributed by atoms with E-state index in [4.69, 9.17) is 29.9 Å². The van der Waals surface area contributed by atoms with Crippen molar-refractivity contribution in [2.24, 2.45) is 0 Å². The predicted molar refractivity (Wildman–Crippen MR) is 303 cm³/mol. The van der Waals surface area contributed by atoms with Crippen molar-refractivity contribution in [3.8, 4) is 74.3 Å². The summed E-state index contributed by atoms with van der Waals surface area (Å²) in [5, 5.41) is 6.60. The van der Waals surface area contributed by atoms with Gasteiger partial charge in [0.2, 0.25) is 5.95 Å². The molecule has 10 aromatic carbocycles. The quantitative estimate of drug-likeness (QED) is 0.151. The molecule has 15 aromatic rings. The van der Waals surface area contributed by atoms with Crippen molar-refractivity contribution in [1.29, 1.82) is 0 Å². The van der Waals surface area contributed by atoms with Gasteiger partial charge in [0.05, 0.1) is 33.1 Å². The lowest BCUT2D eigenvalue weighted by atomic mass is 10.1. The zero-order chi connectivity index (χ0) is 49.4. The van der Waals surface area contributed by atoms with Crippen LogP contribution in [0, 0.1) is 0 Å². The fraction of sp³-hybridized carbons (Fsp3) is 0. The number of aromatic nitrogens is 9. The van der Waals surface area contributed by atoms with Gasteiger partial charge in [0.15, 0.2) is 29.1 Å². The number of para-hydroxylation sites is 4. The molecule has 9 heteroatoms. The summed E-state index contributed by atoms with van der Waals surface area (Å²) in [5.74, 6) is 3.47. The van der Waals surface area contributed by atoms with Gasteiger partial charge in [-0.2, -0.15) is 9.97 Å². The maximum atomic E-state index is 5.42. The third-order valence-electron chi connectivity index (χ3n) is 14.3. The third kappa shape index (κ3) is 6.86. The molecule has 0 saturated heterocycles. The highest BCUT2D eigenvalue weighted by atomic mass is 15.2. The highest BCUT2D eigenvalue weighted by Crippen LogP contribution is 2.43. The molecule has 0 atom stereocenters. The number of nitrogens with zero attached hydrogens (tertiary/aromatic N) is 9. The summed E-state index contributed by atoms with van der Waals surface area (Å²) in [6.07, 6.45) is 0. The average Bonchev–Trinajstić information content (AvgIpc) is 4.24. The van der Waals surface area contributed by atoms with Gasteiger partial charge < -0.3 is 9.13 Å². The topological polar surface area (TPSA) is 92.1 Å². The molecule has 0 aliphatic heterocycles. The Morgan fingerprint density at radius 2 is 0.640 bits per heavy atom. The van der Waals surface area contributed by atoms with Gasteiger partial charge in [-0.1, -0.05) is 200 Å². The lowest BCUT2D eigenvalue weighted by Gasteiger charge is -2.14. The van der Waals surface area contributed by atoms with Crippen LogP contribution in [0.3, 0.4) is 0 Å². The molecule has 0 fully saturated rings. The minimum atomic E-state index is 0.528. The Morgan fingerprint density at radius 3 is 1.23 bits per heavy atom. The van der Waals surface area contributed by atoms with Crippen molar-refractivity contribution >= 4 is 65.4 Å². The SMILES string of the molecule is c1ccc(-c2nc(-c3cccc(-n4c5ccccc5c5ccc6c7ccccc7n(-c7nc(-c8ccccc8)nc(-c8ccccc8)n7)c6c54)c3)nc(-c3cccc4c3c3ccccc3n4-c3ccccc3)n2)cc1. The van der Waals surface area contributed by atoms with Crippen molar-refractivity contribution in [3.63, 3.8) is 0 Å². The van der Waals surface area contributed by atoms with Crippen molar-refractivity contribution in [1.82, 2.24) is 43.6 Å². The minimum Gasteiger partial charge on any atom is -0.309 e. The van der Waals surface area contributed by atoms with Crippen molar-refractivity contribution < 1.29 is 0 Å². The zero-order valence-corrected chi connectivity index (χ0v) is 40.2. The van der Waals surface area contributed by atoms with Crippen molar-refractivity contribution in [2.75, 3.05) is 0 Å². The molecule has 0 amide bonds. The summed E-state index contributed by atoms with van der Waals surface area (Å²) < 4.78 is 6.93. The monoisotopic (exact) mass is 959 g/mol. The summed E-state index contributed by atoms with van der Waals surface area (Å²) in [5.41, 5.74) is 12.8. The predicted octanol–water partition coefficient (Wildman–Crippen LogP) is 15.7. The largest absolute Gasteiger partial charge is 0.309 e. The highest BCUT2D eigenvalue weighted by molar-refractivity contribution is 6.24. The van der Waals surface area contributed by atoms with Crippen LogP contribution < -0.4 is 0 Å². The highest BCUT2D eigenvalue weighted by Gasteiger charge is 2.25. The molecule has 0 spiro atoms. The number of hydrogen-bond acceptors (Lipinski definition) is 6. The molecule has 0 aliphatic rings. The first-order valence-electron chi connectivity index (χ1n) is 25.0. The lowest BCUT2D eigenvalue weighted by Crippen LogP contribution is -2.07. The van der Waals surface area contributed by atoms with E-state index in [1.807, 2.05) is 78.9 Å². The number of rotatable bonds is 8. The molecule has 0 N–H and O–H groups in total. The first-order chi connectivity index (χ1) is 37.2. The van der Waals surface area contributed by atoms with Crippen LogP contribution in [0.1, 0.15) is 0 Å². The van der Waals surface area contributed by atoms with Gasteiger partial charge in [-0.05, 0) is 48.5 Å². The first kappa shape index (κ1) is 42.3. The summed E-state index contributed by atoms with van der Waals surface area (Å²) in [6.45, 7) is 0. The van der Waals surface area contributed by atoms with E-state index in [2.05, 4.69) is 184 Å². The van der Waals surface area contributed by atoms with Crippen LogP contribution in [0.5, 0.6) is 0 Å². The van der Waals surface area contributed by atoms with Gasteiger partial charge >= 0.3 is 0 Å². The van der Waals surface area contributed by atoms with Gasteiger partial charge in [0.25, 0.3) is 0 Å². The Morgan fingerprint density at radius 1 is 0.240 bits per heavy atom. The Bertz CT molecular complexity index is 4640. The Balaban J connectivity index is 0.980. The van der Waals surface area contributed by atoms with Crippen LogP contribution in [-0.4, -0.2) is 43.6 Å². The second-order valence-corrected chi connectivity index (χ2v) is 18.7. The molecule has 350 valence electrons. The van der Waals surface area contributed by atoms with Crippen LogP contribution in [0.2, 0.25) is 0 Å². The second kappa shape index (κ2) is 17.1. The van der Waals surface area contributed by atoms with Gasteiger partial charge in [-0.3, -0.25) is 4.57 Å². The van der Waals surface area contributed by atoms with E-state index in [0.717, 1.165) is 105 Å². The zero-order valence-electron chi connectivity index (χ0n) is 40.2. The molecular formula is C66H41N9. The van der Waals surface area contributed by atoms with Crippen LogP contribution >= 0.6 is 0 Å². The van der Waals surface area contributed by atoms with Crippen LogP contribution in [0.15, 0.2) is 249 Å². The molecule has 5 aromatic heterocycles. The first-order valence-corrected chi connectivity index (χ1v) is 25.0.